The third kappa shape index (κ3) is 4.36. The summed E-state index contributed by atoms with van der Waals surface area (Å²) in [6.45, 7) is 13.7. The smallest absolute Gasteiger partial charge is 0.0620 e. The third-order valence-electron chi connectivity index (χ3n) is 9.86. The van der Waals surface area contributed by atoms with Crippen molar-refractivity contribution >= 4 is 0 Å². The van der Waals surface area contributed by atoms with Crippen LogP contribution in [0.2, 0.25) is 0 Å². The molecule has 0 saturated carbocycles. The number of benzene rings is 6. The fourth-order valence-electron chi connectivity index (χ4n) is 8.04. The minimum absolute atomic E-state index is 0.653. The average molecular weight is 571 g/mol. The van der Waals surface area contributed by atoms with Gasteiger partial charge in [-0.25, -0.2) is 0 Å². The number of aryl methyl sites for hydroxylation is 6. The largest absolute Gasteiger partial charge is 0.0637 e. The van der Waals surface area contributed by atoms with Crippen molar-refractivity contribution < 1.29 is 0 Å². The quantitative estimate of drug-likeness (QED) is 0.167. The van der Waals surface area contributed by atoms with Crippen LogP contribution in [0.3, 0.4) is 0 Å². The normalized spacial score (nSPS) is 11.9. The van der Waals surface area contributed by atoms with Gasteiger partial charge in [0.05, 0.1) is 10.8 Å². The van der Waals surface area contributed by atoms with E-state index in [1.54, 1.807) is 0 Å². The van der Waals surface area contributed by atoms with E-state index in [9.17, 15) is 0 Å². The molecule has 6 aromatic carbocycles. The van der Waals surface area contributed by atoms with Crippen LogP contribution < -0.4 is 0 Å². The summed E-state index contributed by atoms with van der Waals surface area (Å²) in [5, 5.41) is 0. The van der Waals surface area contributed by atoms with Gasteiger partial charge in [-0.2, -0.15) is 0 Å². The number of hydrogen-bond acceptors (Lipinski definition) is 0. The Morgan fingerprint density at radius 2 is 0.364 bits per heavy atom. The Morgan fingerprint density at radius 1 is 0.227 bits per heavy atom. The van der Waals surface area contributed by atoms with Crippen LogP contribution in [0, 0.1) is 41.5 Å². The topological polar surface area (TPSA) is 0 Å². The summed E-state index contributed by atoms with van der Waals surface area (Å²) in [5.74, 6) is 0. The molecule has 0 nitrogen and oxygen atoms in total. The van der Waals surface area contributed by atoms with Crippen molar-refractivity contribution in [1.29, 1.82) is 0 Å². The summed E-state index contributed by atoms with van der Waals surface area (Å²) in [7, 11) is 0. The summed E-state index contributed by atoms with van der Waals surface area (Å²) in [5.41, 5.74) is 14.3. The highest BCUT2D eigenvalue weighted by molar-refractivity contribution is 5.72. The van der Waals surface area contributed by atoms with E-state index < -0.39 is 10.8 Å². The van der Waals surface area contributed by atoms with Gasteiger partial charge in [-0.3, -0.25) is 0 Å². The Kier molecular flexibility index (Phi) is 7.87. The summed E-state index contributed by atoms with van der Waals surface area (Å²) >= 11 is 0. The van der Waals surface area contributed by atoms with Crippen LogP contribution >= 0.6 is 0 Å². The Morgan fingerprint density at radius 3 is 0.500 bits per heavy atom. The second-order valence-corrected chi connectivity index (χ2v) is 12.4. The van der Waals surface area contributed by atoms with Gasteiger partial charge in [0.1, 0.15) is 0 Å². The van der Waals surface area contributed by atoms with Crippen LogP contribution in [0.5, 0.6) is 0 Å². The Hall–Kier alpha value is -4.68. The monoisotopic (exact) mass is 570 g/mol. The highest BCUT2D eigenvalue weighted by Gasteiger charge is 2.60. The van der Waals surface area contributed by atoms with E-state index in [2.05, 4.69) is 187 Å². The summed E-state index contributed by atoms with van der Waals surface area (Å²) in [4.78, 5) is 0. The molecule has 0 aromatic heterocycles. The lowest BCUT2D eigenvalue weighted by atomic mass is 9.44. The maximum Gasteiger partial charge on any atom is 0.0637 e. The molecule has 6 rings (SSSR count). The van der Waals surface area contributed by atoms with E-state index in [4.69, 9.17) is 0 Å². The van der Waals surface area contributed by atoms with Gasteiger partial charge in [0, 0.05) is 0 Å². The van der Waals surface area contributed by atoms with Gasteiger partial charge in [0.2, 0.25) is 0 Å². The molecule has 0 heteroatoms. The van der Waals surface area contributed by atoms with Gasteiger partial charge in [-0.05, 0) is 108 Å². The van der Waals surface area contributed by atoms with Crippen molar-refractivity contribution in [2.24, 2.45) is 0 Å². The lowest BCUT2D eigenvalue weighted by molar-refractivity contribution is 0.409. The first-order valence-corrected chi connectivity index (χ1v) is 15.7. The zero-order valence-electron chi connectivity index (χ0n) is 26.9. The molecule has 0 unspecified atom stereocenters. The van der Waals surface area contributed by atoms with Crippen molar-refractivity contribution in [3.05, 3.63) is 212 Å². The summed E-state index contributed by atoms with van der Waals surface area (Å²) < 4.78 is 0. The maximum absolute atomic E-state index is 2.39. The van der Waals surface area contributed by atoms with Crippen LogP contribution in [0.1, 0.15) is 66.8 Å². The zero-order chi connectivity index (χ0) is 30.9. The minimum Gasteiger partial charge on any atom is -0.0620 e. The van der Waals surface area contributed by atoms with E-state index in [-0.39, 0.29) is 0 Å². The summed E-state index contributed by atoms with van der Waals surface area (Å²) in [6, 6.07) is 54.5. The molecule has 44 heavy (non-hydrogen) atoms. The molecule has 0 spiro atoms. The fourth-order valence-corrected chi connectivity index (χ4v) is 8.04. The molecule has 6 aromatic rings. The molecular formula is C44H42. The standard InChI is InChI=1S/C44H42/c1-31-19-7-13-25-37(31)43(38-26-14-8-20-32(38)2,39-27-15-9-21-33(39)3)44(40-28-16-10-22-34(40)4,41-29-17-11-23-35(41)5)42-30-18-12-24-36(42)6/h7-30H,1-6H3. The molecule has 0 fully saturated rings. The molecule has 0 amide bonds. The highest BCUT2D eigenvalue weighted by atomic mass is 14.6. The van der Waals surface area contributed by atoms with Crippen molar-refractivity contribution in [3.8, 4) is 0 Å². The predicted molar refractivity (Wildman–Crippen MR) is 187 cm³/mol. The Bertz CT molecular complexity index is 1570. The van der Waals surface area contributed by atoms with Crippen LogP contribution in [-0.4, -0.2) is 0 Å². The number of hydrogen-bond donors (Lipinski definition) is 0. The van der Waals surface area contributed by atoms with Gasteiger partial charge >= 0.3 is 0 Å². The average Bonchev–Trinajstić information content (AvgIpc) is 3.03. The molecule has 0 radical (unpaired) electrons. The number of rotatable bonds is 7. The molecule has 0 bridgehead atoms. The van der Waals surface area contributed by atoms with E-state index in [0.29, 0.717) is 0 Å². The van der Waals surface area contributed by atoms with E-state index >= 15 is 0 Å². The van der Waals surface area contributed by atoms with Crippen molar-refractivity contribution in [2.75, 3.05) is 0 Å². The summed E-state index contributed by atoms with van der Waals surface area (Å²) in [6.07, 6.45) is 0. The molecule has 0 atom stereocenters. The van der Waals surface area contributed by atoms with Crippen molar-refractivity contribution in [2.45, 2.75) is 52.4 Å². The first kappa shape index (κ1) is 29.4. The van der Waals surface area contributed by atoms with Crippen molar-refractivity contribution in [3.63, 3.8) is 0 Å². The van der Waals surface area contributed by atoms with Gasteiger partial charge in [-0.15, -0.1) is 0 Å². The van der Waals surface area contributed by atoms with E-state index in [0.717, 1.165) is 0 Å². The molecule has 0 aliphatic carbocycles. The van der Waals surface area contributed by atoms with Crippen LogP contribution in [-0.2, 0) is 10.8 Å². The minimum atomic E-state index is -0.653. The second-order valence-electron chi connectivity index (χ2n) is 12.4. The van der Waals surface area contributed by atoms with Gasteiger partial charge < -0.3 is 0 Å². The van der Waals surface area contributed by atoms with Gasteiger partial charge in [-0.1, -0.05) is 146 Å². The van der Waals surface area contributed by atoms with Crippen molar-refractivity contribution in [1.82, 2.24) is 0 Å². The Balaban J connectivity index is 2.07. The maximum atomic E-state index is 2.39. The van der Waals surface area contributed by atoms with Crippen LogP contribution in [0.4, 0.5) is 0 Å². The molecule has 0 saturated heterocycles. The van der Waals surface area contributed by atoms with Crippen LogP contribution in [0.25, 0.3) is 0 Å². The highest BCUT2D eigenvalue weighted by Crippen LogP contribution is 2.62. The van der Waals surface area contributed by atoms with Crippen LogP contribution in [0.15, 0.2) is 146 Å². The lowest BCUT2D eigenvalue weighted by Crippen LogP contribution is -2.54. The van der Waals surface area contributed by atoms with Gasteiger partial charge in [0.15, 0.2) is 0 Å². The molecular weight excluding hydrogens is 528 g/mol. The molecule has 0 heterocycles. The molecule has 0 N–H and O–H groups in total. The lowest BCUT2D eigenvalue weighted by Gasteiger charge is -2.56. The predicted octanol–water partition coefficient (Wildman–Crippen LogP) is 10.9. The second kappa shape index (κ2) is 11.8. The van der Waals surface area contributed by atoms with Gasteiger partial charge in [0.25, 0.3) is 0 Å². The van der Waals surface area contributed by atoms with E-state index in [1.807, 2.05) is 0 Å². The molecule has 0 aliphatic heterocycles. The third-order valence-corrected chi connectivity index (χ3v) is 9.86. The Labute approximate surface area is 264 Å². The molecule has 0 aliphatic rings. The zero-order valence-corrected chi connectivity index (χ0v) is 26.9. The molecule has 218 valence electrons. The SMILES string of the molecule is Cc1ccccc1C(c1ccccc1C)(c1ccccc1C)C(c1ccccc1C)(c1ccccc1C)c1ccccc1C. The first-order chi connectivity index (χ1) is 21.3. The first-order valence-electron chi connectivity index (χ1n) is 15.7. The van der Waals surface area contributed by atoms with E-state index in [1.165, 1.54) is 66.8 Å². The fraction of sp³-hybridized carbons (Fsp3) is 0.182.